The Balaban J connectivity index is 2.20. The van der Waals surface area contributed by atoms with Crippen LogP contribution in [0.3, 0.4) is 0 Å². The number of benzene rings is 1. The Kier molecular flexibility index (Phi) is 6.18. The van der Waals surface area contributed by atoms with E-state index in [4.69, 9.17) is 0 Å². The average molecular weight is 368 g/mol. The van der Waals surface area contributed by atoms with E-state index in [-0.39, 0.29) is 11.4 Å². The molecule has 1 fully saturated rings. The molecule has 0 aliphatic carbocycles. The third-order valence-corrected chi connectivity index (χ3v) is 6.25. The molecule has 2 rings (SSSR count). The Bertz CT molecular complexity index is 730. The van der Waals surface area contributed by atoms with E-state index in [1.54, 1.807) is 12.1 Å². The number of nitrogens with zero attached hydrogens (tertiary/aromatic N) is 1. The van der Waals surface area contributed by atoms with Gasteiger partial charge in [0.2, 0.25) is 15.9 Å². The van der Waals surface area contributed by atoms with Gasteiger partial charge in [-0.05, 0) is 38.3 Å². The number of carbonyl (C=O) groups excluding carboxylic acids is 1. The molecule has 0 saturated carbocycles. The summed E-state index contributed by atoms with van der Waals surface area (Å²) in [6, 6.07) is 4.59. The van der Waals surface area contributed by atoms with Crippen molar-refractivity contribution < 1.29 is 23.1 Å². The summed E-state index contributed by atoms with van der Waals surface area (Å²) in [4.78, 5) is 23.9. The van der Waals surface area contributed by atoms with Crippen molar-refractivity contribution in [1.29, 1.82) is 0 Å². The summed E-state index contributed by atoms with van der Waals surface area (Å²) in [5.41, 5.74) is 0.943. The van der Waals surface area contributed by atoms with Crippen molar-refractivity contribution in [3.05, 3.63) is 29.8 Å². The molecule has 138 valence electrons. The van der Waals surface area contributed by atoms with E-state index in [1.807, 2.05) is 13.8 Å². The molecule has 1 aromatic carbocycles. The molecule has 8 heteroatoms. The second-order valence-electron chi connectivity index (χ2n) is 6.27. The highest BCUT2D eigenvalue weighted by Crippen LogP contribution is 2.26. The first-order valence-corrected chi connectivity index (χ1v) is 9.83. The van der Waals surface area contributed by atoms with Gasteiger partial charge in [-0.2, -0.15) is 4.31 Å². The van der Waals surface area contributed by atoms with E-state index in [0.717, 1.165) is 5.56 Å². The maximum atomic E-state index is 12.8. The van der Waals surface area contributed by atoms with Crippen molar-refractivity contribution in [3.8, 4) is 0 Å². The molecule has 1 aromatic rings. The SMILES string of the molecule is CCCC(NC(=O)[C@H]1CCCN1S(=O)(=O)c1ccc(C)cc1)C(=O)O. The van der Waals surface area contributed by atoms with Crippen molar-refractivity contribution in [3.63, 3.8) is 0 Å². The molecular formula is C17H24N2O5S. The lowest BCUT2D eigenvalue weighted by molar-refractivity contribution is -0.142. The number of amides is 1. The second kappa shape index (κ2) is 7.97. The maximum absolute atomic E-state index is 12.8. The molecule has 2 N–H and O–H groups in total. The first-order valence-electron chi connectivity index (χ1n) is 8.39. The smallest absolute Gasteiger partial charge is 0.326 e. The number of nitrogens with one attached hydrogen (secondary N) is 1. The van der Waals surface area contributed by atoms with Gasteiger partial charge in [-0.15, -0.1) is 0 Å². The van der Waals surface area contributed by atoms with E-state index < -0.39 is 34.0 Å². The van der Waals surface area contributed by atoms with Crippen molar-refractivity contribution in [1.82, 2.24) is 9.62 Å². The summed E-state index contributed by atoms with van der Waals surface area (Å²) in [5.74, 6) is -1.66. The van der Waals surface area contributed by atoms with Gasteiger partial charge in [0.1, 0.15) is 12.1 Å². The summed E-state index contributed by atoms with van der Waals surface area (Å²) < 4.78 is 26.8. The van der Waals surface area contributed by atoms with Gasteiger partial charge in [-0.25, -0.2) is 13.2 Å². The molecule has 7 nitrogen and oxygen atoms in total. The lowest BCUT2D eigenvalue weighted by Crippen LogP contribution is -2.50. The number of carboxylic acids is 1. The molecule has 1 amide bonds. The van der Waals surface area contributed by atoms with E-state index in [0.29, 0.717) is 25.7 Å². The zero-order valence-electron chi connectivity index (χ0n) is 14.4. The van der Waals surface area contributed by atoms with Crippen molar-refractivity contribution in [2.24, 2.45) is 0 Å². The molecule has 0 radical (unpaired) electrons. The first-order chi connectivity index (χ1) is 11.8. The molecule has 0 spiro atoms. The minimum Gasteiger partial charge on any atom is -0.480 e. The van der Waals surface area contributed by atoms with Crippen molar-refractivity contribution >= 4 is 21.9 Å². The van der Waals surface area contributed by atoms with Crippen LogP contribution in [0, 0.1) is 6.92 Å². The Hall–Kier alpha value is -1.93. The first kappa shape index (κ1) is 19.4. The Morgan fingerprint density at radius 3 is 2.52 bits per heavy atom. The third kappa shape index (κ3) is 4.38. The van der Waals surface area contributed by atoms with Crippen LogP contribution in [-0.4, -0.2) is 48.3 Å². The van der Waals surface area contributed by atoms with Gasteiger partial charge in [0.05, 0.1) is 4.90 Å². The second-order valence-corrected chi connectivity index (χ2v) is 8.17. The van der Waals surface area contributed by atoms with Gasteiger partial charge in [0.25, 0.3) is 0 Å². The Labute approximate surface area is 148 Å². The molecule has 0 aromatic heterocycles. The lowest BCUT2D eigenvalue weighted by atomic mass is 10.1. The van der Waals surface area contributed by atoms with Gasteiger partial charge >= 0.3 is 5.97 Å². The molecule has 2 atom stereocenters. The topological polar surface area (TPSA) is 104 Å². The average Bonchev–Trinajstić information content (AvgIpc) is 3.05. The van der Waals surface area contributed by atoms with Crippen LogP contribution in [0.1, 0.15) is 38.2 Å². The summed E-state index contributed by atoms with van der Waals surface area (Å²) in [6.07, 6.45) is 1.86. The number of carbonyl (C=O) groups is 2. The highest BCUT2D eigenvalue weighted by Gasteiger charge is 2.40. The minimum absolute atomic E-state index is 0.140. The normalized spacial score (nSPS) is 19.5. The molecule has 1 unspecified atom stereocenters. The van der Waals surface area contributed by atoms with Crippen molar-refractivity contribution in [2.75, 3.05) is 6.54 Å². The fourth-order valence-corrected chi connectivity index (χ4v) is 4.61. The predicted molar refractivity (Wildman–Crippen MR) is 92.6 cm³/mol. The monoisotopic (exact) mass is 368 g/mol. The number of hydrogen-bond donors (Lipinski definition) is 2. The Morgan fingerprint density at radius 2 is 1.96 bits per heavy atom. The number of sulfonamides is 1. The fourth-order valence-electron chi connectivity index (χ4n) is 2.95. The molecule has 1 aliphatic heterocycles. The van der Waals surface area contributed by atoms with Crippen LogP contribution < -0.4 is 5.32 Å². The number of hydrogen-bond acceptors (Lipinski definition) is 4. The Morgan fingerprint density at radius 1 is 1.32 bits per heavy atom. The molecule has 25 heavy (non-hydrogen) atoms. The van der Waals surface area contributed by atoms with Crippen LogP contribution in [0.4, 0.5) is 0 Å². The summed E-state index contributed by atoms with van der Waals surface area (Å²) in [5, 5.41) is 11.7. The van der Waals surface area contributed by atoms with Gasteiger partial charge in [-0.3, -0.25) is 4.79 Å². The maximum Gasteiger partial charge on any atom is 0.326 e. The van der Waals surface area contributed by atoms with E-state index >= 15 is 0 Å². The highest BCUT2D eigenvalue weighted by atomic mass is 32.2. The van der Waals surface area contributed by atoms with Crippen LogP contribution in [0.25, 0.3) is 0 Å². The summed E-state index contributed by atoms with van der Waals surface area (Å²) >= 11 is 0. The van der Waals surface area contributed by atoms with Gasteiger partial charge in [0, 0.05) is 6.54 Å². The summed E-state index contributed by atoms with van der Waals surface area (Å²) in [6.45, 7) is 3.94. The van der Waals surface area contributed by atoms with E-state index in [1.165, 1.54) is 16.4 Å². The number of rotatable bonds is 7. The molecule has 0 bridgehead atoms. The molecule has 1 heterocycles. The zero-order chi connectivity index (χ0) is 18.6. The van der Waals surface area contributed by atoms with Gasteiger partial charge in [0.15, 0.2) is 0 Å². The minimum atomic E-state index is -3.79. The third-order valence-electron chi connectivity index (χ3n) is 4.33. The quantitative estimate of drug-likeness (QED) is 0.759. The van der Waals surface area contributed by atoms with Crippen LogP contribution >= 0.6 is 0 Å². The molecule has 1 saturated heterocycles. The van der Waals surface area contributed by atoms with Crippen LogP contribution in [0.2, 0.25) is 0 Å². The fraction of sp³-hybridized carbons (Fsp3) is 0.529. The number of aliphatic carboxylic acids is 1. The van der Waals surface area contributed by atoms with Crippen LogP contribution in [-0.2, 0) is 19.6 Å². The lowest BCUT2D eigenvalue weighted by Gasteiger charge is -2.25. The van der Waals surface area contributed by atoms with E-state index in [9.17, 15) is 23.1 Å². The predicted octanol–water partition coefficient (Wildman–Crippen LogP) is 1.52. The zero-order valence-corrected chi connectivity index (χ0v) is 15.3. The standard InChI is InChI=1S/C17H24N2O5S/c1-3-5-14(17(21)22)18-16(20)15-6-4-11-19(15)25(23,24)13-9-7-12(2)8-10-13/h7-10,14-15H,3-6,11H2,1-2H3,(H,18,20)(H,21,22)/t14?,15-/m1/s1. The van der Waals surface area contributed by atoms with Crippen LogP contribution in [0.5, 0.6) is 0 Å². The van der Waals surface area contributed by atoms with Crippen LogP contribution in [0.15, 0.2) is 29.2 Å². The van der Waals surface area contributed by atoms with Gasteiger partial charge in [-0.1, -0.05) is 31.0 Å². The molecule has 1 aliphatic rings. The highest BCUT2D eigenvalue weighted by molar-refractivity contribution is 7.89. The van der Waals surface area contributed by atoms with Gasteiger partial charge < -0.3 is 10.4 Å². The number of aryl methyl sites for hydroxylation is 1. The largest absolute Gasteiger partial charge is 0.480 e. The summed E-state index contributed by atoms with van der Waals surface area (Å²) in [7, 11) is -3.79. The number of carboxylic acid groups (broad SMARTS) is 1. The van der Waals surface area contributed by atoms with E-state index in [2.05, 4.69) is 5.32 Å². The molecular weight excluding hydrogens is 344 g/mol. The van der Waals surface area contributed by atoms with Crippen molar-refractivity contribution in [2.45, 2.75) is 56.5 Å².